The summed E-state index contributed by atoms with van der Waals surface area (Å²) in [5.41, 5.74) is 0. The Kier molecular flexibility index (Phi) is 57.0. The van der Waals surface area contributed by atoms with Crippen molar-refractivity contribution in [1.29, 1.82) is 0 Å². The Bertz CT molecular complexity index is 1750. The van der Waals surface area contributed by atoms with Gasteiger partial charge >= 0.3 is 17.9 Å². The molecule has 0 amide bonds. The monoisotopic (exact) mass is 1030 g/mol. The Morgan fingerprint density at radius 2 is 0.547 bits per heavy atom. The first-order valence-electron chi connectivity index (χ1n) is 29.6. The lowest BCUT2D eigenvalue weighted by molar-refractivity contribution is -0.166. The van der Waals surface area contributed by atoms with Crippen molar-refractivity contribution >= 4 is 17.9 Å². The molecule has 1 atom stereocenters. The lowest BCUT2D eigenvalue weighted by Gasteiger charge is -2.18. The van der Waals surface area contributed by atoms with Gasteiger partial charge in [0.15, 0.2) is 6.10 Å². The van der Waals surface area contributed by atoms with Crippen molar-refractivity contribution in [2.24, 2.45) is 0 Å². The molecule has 0 saturated heterocycles. The van der Waals surface area contributed by atoms with Crippen LogP contribution in [0.15, 0.2) is 170 Å². The Balaban J connectivity index is 4.43. The summed E-state index contributed by atoms with van der Waals surface area (Å²) in [5.74, 6) is -1.05. The largest absolute Gasteiger partial charge is 0.462 e. The number of hydrogen-bond acceptors (Lipinski definition) is 6. The van der Waals surface area contributed by atoms with Crippen molar-refractivity contribution in [3.05, 3.63) is 170 Å². The van der Waals surface area contributed by atoms with Crippen LogP contribution in [0.3, 0.4) is 0 Å². The number of hydrogen-bond donors (Lipinski definition) is 0. The summed E-state index contributed by atoms with van der Waals surface area (Å²) in [4.78, 5) is 38.0. The molecule has 75 heavy (non-hydrogen) atoms. The molecule has 0 saturated carbocycles. The van der Waals surface area contributed by atoms with E-state index in [2.05, 4.69) is 179 Å². The minimum atomic E-state index is -0.836. The smallest absolute Gasteiger partial charge is 0.306 e. The third-order valence-electron chi connectivity index (χ3n) is 11.7. The molecule has 0 rings (SSSR count). The van der Waals surface area contributed by atoms with Crippen LogP contribution in [0.2, 0.25) is 0 Å². The molecule has 0 aliphatic carbocycles. The van der Waals surface area contributed by atoms with Crippen molar-refractivity contribution in [1.82, 2.24) is 0 Å². The van der Waals surface area contributed by atoms with Gasteiger partial charge in [0.05, 0.1) is 0 Å². The molecule has 0 aliphatic heterocycles. The Morgan fingerprint density at radius 3 is 0.867 bits per heavy atom. The maximum atomic E-state index is 12.8. The average Bonchev–Trinajstić information content (AvgIpc) is 3.41. The SMILES string of the molecule is CC/C=C\C/C=C\C/C=C\C/C=C\C/C=C\C/C=C\C/C=C\C/C=C\CCCCCCC(=O)OCC(COC(=O)CCCCCCCCCCC)OC(=O)CC/C=C\C/C=C\C/C=C\C/C=C\C/C=C\C/C=C\CC. The van der Waals surface area contributed by atoms with Gasteiger partial charge in [-0.15, -0.1) is 0 Å². The van der Waals surface area contributed by atoms with E-state index in [9.17, 15) is 14.4 Å². The summed E-state index contributed by atoms with van der Waals surface area (Å²) in [5, 5.41) is 0. The molecule has 0 heterocycles. The van der Waals surface area contributed by atoms with E-state index in [0.29, 0.717) is 19.3 Å². The number of ether oxygens (including phenoxy) is 3. The zero-order valence-electron chi connectivity index (χ0n) is 47.7. The van der Waals surface area contributed by atoms with E-state index in [-0.39, 0.29) is 31.6 Å². The molecule has 1 unspecified atom stereocenters. The zero-order valence-corrected chi connectivity index (χ0v) is 47.7. The summed E-state index contributed by atoms with van der Waals surface area (Å²) in [7, 11) is 0. The first-order valence-corrected chi connectivity index (χ1v) is 29.6. The van der Waals surface area contributed by atoms with E-state index in [4.69, 9.17) is 14.2 Å². The van der Waals surface area contributed by atoms with E-state index in [1.165, 1.54) is 38.5 Å². The number of carbonyl (C=O) groups excluding carboxylic acids is 3. The van der Waals surface area contributed by atoms with Gasteiger partial charge in [0.2, 0.25) is 0 Å². The highest BCUT2D eigenvalue weighted by Gasteiger charge is 2.19. The Hall–Kier alpha value is -5.23. The van der Waals surface area contributed by atoms with E-state index in [0.717, 1.165) is 141 Å². The third kappa shape index (κ3) is 59.5. The molecule has 0 radical (unpaired) electrons. The first kappa shape index (κ1) is 69.8. The summed E-state index contributed by atoms with van der Waals surface area (Å²) >= 11 is 0. The first-order chi connectivity index (χ1) is 37.0. The molecule has 0 bridgehead atoms. The molecule has 0 N–H and O–H groups in total. The zero-order chi connectivity index (χ0) is 54.3. The van der Waals surface area contributed by atoms with E-state index in [1.54, 1.807) is 0 Å². The molecule has 0 fully saturated rings. The van der Waals surface area contributed by atoms with Crippen LogP contribution >= 0.6 is 0 Å². The molecule has 418 valence electrons. The second-order valence-corrected chi connectivity index (χ2v) is 18.8. The molecule has 0 aromatic carbocycles. The van der Waals surface area contributed by atoms with Crippen molar-refractivity contribution < 1.29 is 28.6 Å². The molecular formula is C69H106O6. The number of carbonyl (C=O) groups is 3. The van der Waals surface area contributed by atoms with Crippen LogP contribution < -0.4 is 0 Å². The van der Waals surface area contributed by atoms with Crippen LogP contribution in [-0.2, 0) is 28.6 Å². The number of rotatable bonds is 51. The van der Waals surface area contributed by atoms with E-state index in [1.807, 2.05) is 12.2 Å². The minimum Gasteiger partial charge on any atom is -0.462 e. The quantitative estimate of drug-likeness (QED) is 0.0261. The molecule has 6 nitrogen and oxygen atoms in total. The maximum Gasteiger partial charge on any atom is 0.306 e. The summed E-state index contributed by atoms with van der Waals surface area (Å²) < 4.78 is 16.7. The van der Waals surface area contributed by atoms with Gasteiger partial charge in [0, 0.05) is 19.3 Å². The van der Waals surface area contributed by atoms with E-state index >= 15 is 0 Å². The van der Waals surface area contributed by atoms with Crippen LogP contribution in [0, 0.1) is 0 Å². The second-order valence-electron chi connectivity index (χ2n) is 18.8. The predicted octanol–water partition coefficient (Wildman–Crippen LogP) is 20.3. The fourth-order valence-corrected chi connectivity index (χ4v) is 7.36. The fourth-order valence-electron chi connectivity index (χ4n) is 7.36. The molecule has 0 spiro atoms. The van der Waals surface area contributed by atoms with Crippen LogP contribution in [0.5, 0.6) is 0 Å². The van der Waals surface area contributed by atoms with Gasteiger partial charge in [-0.25, -0.2) is 0 Å². The third-order valence-corrected chi connectivity index (χ3v) is 11.7. The van der Waals surface area contributed by atoms with Crippen molar-refractivity contribution in [3.63, 3.8) is 0 Å². The second kappa shape index (κ2) is 61.3. The number of esters is 3. The Morgan fingerprint density at radius 1 is 0.280 bits per heavy atom. The van der Waals surface area contributed by atoms with Gasteiger partial charge in [-0.05, 0) is 122 Å². The van der Waals surface area contributed by atoms with Gasteiger partial charge in [0.25, 0.3) is 0 Å². The van der Waals surface area contributed by atoms with Gasteiger partial charge < -0.3 is 14.2 Å². The normalized spacial score (nSPS) is 13.4. The Labute approximate surface area is 460 Å². The van der Waals surface area contributed by atoms with Crippen LogP contribution in [-0.4, -0.2) is 37.2 Å². The van der Waals surface area contributed by atoms with Crippen LogP contribution in [0.25, 0.3) is 0 Å². The van der Waals surface area contributed by atoms with Gasteiger partial charge in [-0.1, -0.05) is 255 Å². The van der Waals surface area contributed by atoms with Crippen molar-refractivity contribution in [2.75, 3.05) is 13.2 Å². The molecule has 6 heteroatoms. The lowest BCUT2D eigenvalue weighted by Crippen LogP contribution is -2.30. The molecule has 0 aliphatic rings. The summed E-state index contributed by atoms with van der Waals surface area (Å²) in [6.07, 6.45) is 90.8. The van der Waals surface area contributed by atoms with Gasteiger partial charge in [-0.3, -0.25) is 14.4 Å². The van der Waals surface area contributed by atoms with Gasteiger partial charge in [0.1, 0.15) is 13.2 Å². The highest BCUT2D eigenvalue weighted by molar-refractivity contribution is 5.71. The molecule has 0 aromatic rings. The maximum absolute atomic E-state index is 12.8. The summed E-state index contributed by atoms with van der Waals surface area (Å²) in [6, 6.07) is 0. The van der Waals surface area contributed by atoms with Gasteiger partial charge in [-0.2, -0.15) is 0 Å². The molecular weight excluding hydrogens is 925 g/mol. The topological polar surface area (TPSA) is 78.9 Å². The standard InChI is InChI=1S/C69H106O6/c1-4-7-10-13-16-19-21-23-25-27-29-30-31-32-33-34-35-36-37-38-40-41-43-45-47-50-53-56-59-62-68(71)74-65-66(64-73-67(70)61-58-55-52-49-18-15-12-9-6-3)75-69(72)63-60-57-54-51-48-46-44-42-39-28-26-24-22-20-17-14-11-8-5-2/h7-8,10-11,16-17,19-20,23-26,29-30,32-33,35-36,38-40,42-43,45-46,48,54,57,66H,4-6,9,12-15,18,21-22,27-28,31,34,37,41,44,47,49-53,55-56,58-65H2,1-3H3/b10-7-,11-8-,19-16-,20-17-,25-23-,26-24-,30-29-,33-32-,36-35-,40-38-,42-39-,45-43-,48-46-,57-54-. The average molecular weight is 1030 g/mol. The predicted molar refractivity (Wildman–Crippen MR) is 325 cm³/mol. The number of allylic oxidation sites excluding steroid dienone is 28. The lowest BCUT2D eigenvalue weighted by atomic mass is 10.1. The highest BCUT2D eigenvalue weighted by atomic mass is 16.6. The highest BCUT2D eigenvalue weighted by Crippen LogP contribution is 2.13. The minimum absolute atomic E-state index is 0.123. The van der Waals surface area contributed by atoms with Crippen LogP contribution in [0.4, 0.5) is 0 Å². The molecule has 0 aromatic heterocycles. The van der Waals surface area contributed by atoms with Crippen molar-refractivity contribution in [2.45, 2.75) is 232 Å². The number of unbranched alkanes of at least 4 members (excludes halogenated alkanes) is 12. The van der Waals surface area contributed by atoms with Crippen LogP contribution in [0.1, 0.15) is 226 Å². The van der Waals surface area contributed by atoms with Crippen molar-refractivity contribution in [3.8, 4) is 0 Å². The fraction of sp³-hybridized carbons (Fsp3) is 0.551. The summed E-state index contributed by atoms with van der Waals surface area (Å²) in [6.45, 7) is 6.28. The van der Waals surface area contributed by atoms with E-state index < -0.39 is 12.1 Å².